The summed E-state index contributed by atoms with van der Waals surface area (Å²) in [7, 11) is 1.73. The van der Waals surface area contributed by atoms with E-state index in [1.165, 1.54) is 47.9 Å². The Morgan fingerprint density at radius 2 is 1.40 bits per heavy atom. The molecule has 20 heavy (non-hydrogen) atoms. The van der Waals surface area contributed by atoms with Gasteiger partial charge in [-0.25, -0.2) is 0 Å². The maximum Gasteiger partial charge on any atom is 0.0713 e. The minimum absolute atomic E-state index is 0.681. The van der Waals surface area contributed by atoms with Crippen molar-refractivity contribution in [3.63, 3.8) is 0 Å². The van der Waals surface area contributed by atoms with Gasteiger partial charge in [0.1, 0.15) is 0 Å². The first-order chi connectivity index (χ1) is 9.86. The first kappa shape index (κ1) is 13.4. The summed E-state index contributed by atoms with van der Waals surface area (Å²) >= 11 is 0. The summed E-state index contributed by atoms with van der Waals surface area (Å²) in [6.07, 6.45) is 5.52. The van der Waals surface area contributed by atoms with E-state index in [-0.39, 0.29) is 0 Å². The molecule has 0 aromatic heterocycles. The Labute approximate surface area is 121 Å². The number of benzene rings is 2. The van der Waals surface area contributed by atoms with Crippen molar-refractivity contribution < 1.29 is 4.74 Å². The van der Waals surface area contributed by atoms with Crippen LogP contribution in [0.15, 0.2) is 48.5 Å². The third kappa shape index (κ3) is 2.94. The van der Waals surface area contributed by atoms with Gasteiger partial charge in [-0.15, -0.1) is 0 Å². The van der Waals surface area contributed by atoms with Crippen LogP contribution < -0.4 is 0 Å². The predicted octanol–water partition coefficient (Wildman–Crippen LogP) is 5.16. The van der Waals surface area contributed by atoms with Gasteiger partial charge in [-0.1, -0.05) is 61.4 Å². The Morgan fingerprint density at radius 3 is 1.95 bits per heavy atom. The van der Waals surface area contributed by atoms with Crippen molar-refractivity contribution in [3.05, 3.63) is 59.7 Å². The Hall–Kier alpha value is -1.60. The molecule has 104 valence electrons. The highest BCUT2D eigenvalue weighted by molar-refractivity contribution is 5.64. The second kappa shape index (κ2) is 6.23. The summed E-state index contributed by atoms with van der Waals surface area (Å²) in [6, 6.07) is 17.8. The van der Waals surface area contributed by atoms with E-state index in [2.05, 4.69) is 48.5 Å². The molecular weight excluding hydrogens is 244 g/mol. The zero-order valence-electron chi connectivity index (χ0n) is 12.1. The quantitative estimate of drug-likeness (QED) is 0.743. The molecule has 0 amide bonds. The van der Waals surface area contributed by atoms with Crippen molar-refractivity contribution in [2.75, 3.05) is 7.11 Å². The maximum absolute atomic E-state index is 5.15. The fourth-order valence-corrected chi connectivity index (χ4v) is 3.17. The number of ether oxygens (including phenoxy) is 1. The fraction of sp³-hybridized carbons (Fsp3) is 0.368. The number of methoxy groups -OCH3 is 1. The van der Waals surface area contributed by atoms with E-state index in [1.54, 1.807) is 7.11 Å². The minimum Gasteiger partial charge on any atom is -0.380 e. The SMILES string of the molecule is COCc1ccc(-c2ccc(C3CCCC3)cc2)cc1. The standard InChI is InChI=1S/C19H22O/c1-20-14-15-6-8-17(9-7-15)19-12-10-18(11-13-19)16-4-2-3-5-16/h6-13,16H,2-5,14H2,1H3. The van der Waals surface area contributed by atoms with E-state index in [9.17, 15) is 0 Å². The molecule has 1 nitrogen and oxygen atoms in total. The number of hydrogen-bond donors (Lipinski definition) is 0. The van der Waals surface area contributed by atoms with E-state index in [1.807, 2.05) is 0 Å². The molecule has 1 aliphatic carbocycles. The van der Waals surface area contributed by atoms with E-state index in [4.69, 9.17) is 4.74 Å². The van der Waals surface area contributed by atoms with Crippen molar-refractivity contribution in [3.8, 4) is 11.1 Å². The maximum atomic E-state index is 5.15. The Morgan fingerprint density at radius 1 is 0.850 bits per heavy atom. The summed E-state index contributed by atoms with van der Waals surface area (Å²) in [6.45, 7) is 0.681. The van der Waals surface area contributed by atoms with Crippen molar-refractivity contribution in [2.24, 2.45) is 0 Å². The third-order valence-corrected chi connectivity index (χ3v) is 4.34. The lowest BCUT2D eigenvalue weighted by Crippen LogP contribution is -1.91. The molecule has 0 saturated heterocycles. The van der Waals surface area contributed by atoms with Crippen LogP contribution in [-0.2, 0) is 11.3 Å². The molecule has 0 bridgehead atoms. The van der Waals surface area contributed by atoms with Crippen molar-refractivity contribution >= 4 is 0 Å². The van der Waals surface area contributed by atoms with E-state index < -0.39 is 0 Å². The van der Waals surface area contributed by atoms with Crippen LogP contribution >= 0.6 is 0 Å². The highest BCUT2D eigenvalue weighted by Gasteiger charge is 2.16. The lowest BCUT2D eigenvalue weighted by Gasteiger charge is -2.10. The summed E-state index contributed by atoms with van der Waals surface area (Å²) in [5.41, 5.74) is 5.32. The van der Waals surface area contributed by atoms with Crippen LogP contribution in [0.4, 0.5) is 0 Å². The van der Waals surface area contributed by atoms with Gasteiger partial charge in [-0.2, -0.15) is 0 Å². The van der Waals surface area contributed by atoms with Crippen molar-refractivity contribution in [1.29, 1.82) is 0 Å². The molecule has 2 aromatic carbocycles. The normalized spacial score (nSPS) is 15.7. The molecule has 1 aliphatic rings. The zero-order chi connectivity index (χ0) is 13.8. The van der Waals surface area contributed by atoms with Gasteiger partial charge in [0.25, 0.3) is 0 Å². The zero-order valence-corrected chi connectivity index (χ0v) is 12.1. The first-order valence-electron chi connectivity index (χ1n) is 7.55. The monoisotopic (exact) mass is 266 g/mol. The molecule has 1 heteroatoms. The first-order valence-corrected chi connectivity index (χ1v) is 7.55. The molecule has 0 N–H and O–H groups in total. The molecule has 3 rings (SSSR count). The minimum atomic E-state index is 0.681. The molecule has 0 heterocycles. The van der Waals surface area contributed by atoms with E-state index >= 15 is 0 Å². The van der Waals surface area contributed by atoms with Crippen molar-refractivity contribution in [2.45, 2.75) is 38.2 Å². The summed E-state index contributed by atoms with van der Waals surface area (Å²) < 4.78 is 5.15. The molecule has 1 fully saturated rings. The largest absolute Gasteiger partial charge is 0.380 e. The van der Waals surface area contributed by atoms with E-state index in [0.717, 1.165) is 5.92 Å². The van der Waals surface area contributed by atoms with Crippen LogP contribution in [0.2, 0.25) is 0 Å². The molecule has 2 aromatic rings. The molecule has 1 saturated carbocycles. The average molecular weight is 266 g/mol. The fourth-order valence-electron chi connectivity index (χ4n) is 3.17. The van der Waals surface area contributed by atoms with Crippen LogP contribution in [-0.4, -0.2) is 7.11 Å². The van der Waals surface area contributed by atoms with Crippen LogP contribution in [0, 0.1) is 0 Å². The van der Waals surface area contributed by atoms with Gasteiger partial charge in [0.15, 0.2) is 0 Å². The van der Waals surface area contributed by atoms with Gasteiger partial charge >= 0.3 is 0 Å². The molecular formula is C19H22O. The third-order valence-electron chi connectivity index (χ3n) is 4.34. The Bertz CT molecular complexity index is 533. The van der Waals surface area contributed by atoms with Gasteiger partial charge in [-0.05, 0) is 41.0 Å². The summed E-state index contributed by atoms with van der Waals surface area (Å²) in [5.74, 6) is 0.799. The van der Waals surface area contributed by atoms with Gasteiger partial charge in [-0.3, -0.25) is 0 Å². The molecule has 0 radical (unpaired) electrons. The molecule has 0 atom stereocenters. The van der Waals surface area contributed by atoms with Crippen molar-refractivity contribution in [1.82, 2.24) is 0 Å². The second-order valence-corrected chi connectivity index (χ2v) is 5.73. The lowest BCUT2D eigenvalue weighted by atomic mass is 9.95. The molecule has 0 aliphatic heterocycles. The Kier molecular flexibility index (Phi) is 4.17. The second-order valence-electron chi connectivity index (χ2n) is 5.73. The van der Waals surface area contributed by atoms with Crippen LogP contribution in [0.5, 0.6) is 0 Å². The predicted molar refractivity (Wildman–Crippen MR) is 83.8 cm³/mol. The number of rotatable bonds is 4. The van der Waals surface area contributed by atoms with Gasteiger partial charge < -0.3 is 4.74 Å². The lowest BCUT2D eigenvalue weighted by molar-refractivity contribution is 0.185. The van der Waals surface area contributed by atoms with Crippen LogP contribution in [0.25, 0.3) is 11.1 Å². The Balaban J connectivity index is 1.76. The smallest absolute Gasteiger partial charge is 0.0713 e. The topological polar surface area (TPSA) is 9.23 Å². The van der Waals surface area contributed by atoms with Gasteiger partial charge in [0.2, 0.25) is 0 Å². The molecule has 0 spiro atoms. The van der Waals surface area contributed by atoms with Crippen LogP contribution in [0.1, 0.15) is 42.7 Å². The highest BCUT2D eigenvalue weighted by Crippen LogP contribution is 2.34. The number of hydrogen-bond acceptors (Lipinski definition) is 1. The summed E-state index contributed by atoms with van der Waals surface area (Å²) in [5, 5.41) is 0. The highest BCUT2D eigenvalue weighted by atomic mass is 16.5. The van der Waals surface area contributed by atoms with Gasteiger partial charge in [0.05, 0.1) is 6.61 Å². The molecule has 0 unspecified atom stereocenters. The van der Waals surface area contributed by atoms with Gasteiger partial charge in [0, 0.05) is 7.11 Å². The van der Waals surface area contributed by atoms with E-state index in [0.29, 0.717) is 6.61 Å². The summed E-state index contributed by atoms with van der Waals surface area (Å²) in [4.78, 5) is 0. The average Bonchev–Trinajstić information content (AvgIpc) is 3.03. The van der Waals surface area contributed by atoms with Crippen LogP contribution in [0.3, 0.4) is 0 Å².